The number of aryl methyl sites for hydroxylation is 1. The van der Waals surface area contributed by atoms with E-state index in [1.165, 1.54) is 10.4 Å². The van der Waals surface area contributed by atoms with E-state index in [0.717, 1.165) is 15.3 Å². The van der Waals surface area contributed by atoms with Gasteiger partial charge in [-0.25, -0.2) is 0 Å². The highest BCUT2D eigenvalue weighted by Gasteiger charge is 2.30. The van der Waals surface area contributed by atoms with Crippen molar-refractivity contribution in [2.75, 3.05) is 13.7 Å². The van der Waals surface area contributed by atoms with Crippen LogP contribution in [0.25, 0.3) is 0 Å². The Morgan fingerprint density at radius 2 is 2.10 bits per heavy atom. The zero-order valence-electron chi connectivity index (χ0n) is 11.4. The molecule has 1 aliphatic heterocycles. The lowest BCUT2D eigenvalue weighted by atomic mass is 10.0. The molecular formula is C15H16BrNO2S. The fourth-order valence-corrected chi connectivity index (χ4v) is 4.27. The molecular weight excluding hydrogens is 338 g/mol. The molecule has 1 aromatic carbocycles. The number of rotatable bonds is 3. The second kappa shape index (κ2) is 5.76. The van der Waals surface area contributed by atoms with Crippen LogP contribution in [0.2, 0.25) is 0 Å². The number of nitrogens with one attached hydrogen (secondary N) is 1. The standard InChI is InChI=1S/C15H16BrNO2S/c1-9-10(7-14(16)20-9)15(17-2)13-8-18-11-5-3-4-6-12(11)19-13/h3-7,13,15,17H,8H2,1-2H3. The van der Waals surface area contributed by atoms with Gasteiger partial charge < -0.3 is 14.8 Å². The number of benzene rings is 1. The molecule has 0 aliphatic carbocycles. The first-order chi connectivity index (χ1) is 9.69. The molecule has 2 heterocycles. The largest absolute Gasteiger partial charge is 0.486 e. The molecule has 5 heteroatoms. The van der Waals surface area contributed by atoms with Crippen molar-refractivity contribution in [3.8, 4) is 11.5 Å². The molecule has 3 nitrogen and oxygen atoms in total. The molecule has 106 valence electrons. The van der Waals surface area contributed by atoms with Crippen LogP contribution < -0.4 is 14.8 Å². The highest BCUT2D eigenvalue weighted by molar-refractivity contribution is 9.11. The first-order valence-corrected chi connectivity index (χ1v) is 8.11. The summed E-state index contributed by atoms with van der Waals surface area (Å²) in [6.07, 6.45) is -0.0323. The van der Waals surface area contributed by atoms with Crippen molar-refractivity contribution in [1.82, 2.24) is 5.32 Å². The van der Waals surface area contributed by atoms with Crippen molar-refractivity contribution in [1.29, 1.82) is 0 Å². The highest BCUT2D eigenvalue weighted by Crippen LogP contribution is 2.37. The Kier molecular flexibility index (Phi) is 4.01. The van der Waals surface area contributed by atoms with Crippen molar-refractivity contribution in [2.45, 2.75) is 19.1 Å². The normalized spacial score (nSPS) is 18.9. The van der Waals surface area contributed by atoms with Gasteiger partial charge in [0.15, 0.2) is 17.6 Å². The van der Waals surface area contributed by atoms with Gasteiger partial charge in [0.05, 0.1) is 9.83 Å². The van der Waals surface area contributed by atoms with Gasteiger partial charge in [0, 0.05) is 4.88 Å². The number of ether oxygens (including phenoxy) is 2. The summed E-state index contributed by atoms with van der Waals surface area (Å²) in [5.41, 5.74) is 1.26. The van der Waals surface area contributed by atoms with Gasteiger partial charge in [-0.05, 0) is 53.7 Å². The molecule has 0 bridgehead atoms. The predicted molar refractivity (Wildman–Crippen MR) is 84.9 cm³/mol. The third-order valence-corrected chi connectivity index (χ3v) is 5.04. The summed E-state index contributed by atoms with van der Waals surface area (Å²) in [7, 11) is 1.96. The molecule has 0 saturated heterocycles. The van der Waals surface area contributed by atoms with Gasteiger partial charge in [-0.1, -0.05) is 12.1 Å². The van der Waals surface area contributed by atoms with Crippen LogP contribution in [0.5, 0.6) is 11.5 Å². The van der Waals surface area contributed by atoms with Crippen LogP contribution in [0, 0.1) is 6.92 Å². The summed E-state index contributed by atoms with van der Waals surface area (Å²) in [5.74, 6) is 1.64. The molecule has 2 unspecified atom stereocenters. The highest BCUT2D eigenvalue weighted by atomic mass is 79.9. The second-order valence-corrected chi connectivity index (χ2v) is 7.38. The topological polar surface area (TPSA) is 30.5 Å². The van der Waals surface area contributed by atoms with Crippen molar-refractivity contribution in [2.24, 2.45) is 0 Å². The molecule has 1 aromatic heterocycles. The molecule has 0 amide bonds. The van der Waals surface area contributed by atoms with E-state index in [0.29, 0.717) is 6.61 Å². The molecule has 2 atom stereocenters. The minimum atomic E-state index is -0.0323. The Morgan fingerprint density at radius 3 is 2.75 bits per heavy atom. The predicted octanol–water partition coefficient (Wildman–Crippen LogP) is 3.92. The summed E-state index contributed by atoms with van der Waals surface area (Å²) in [6.45, 7) is 2.68. The van der Waals surface area contributed by atoms with Gasteiger partial charge in [0.25, 0.3) is 0 Å². The van der Waals surface area contributed by atoms with E-state index in [2.05, 4.69) is 34.2 Å². The minimum Gasteiger partial charge on any atom is -0.486 e. The van der Waals surface area contributed by atoms with Gasteiger partial charge in [0.2, 0.25) is 0 Å². The quantitative estimate of drug-likeness (QED) is 0.906. The molecule has 0 saturated carbocycles. The molecule has 0 spiro atoms. The number of hydrogen-bond acceptors (Lipinski definition) is 4. The van der Waals surface area contributed by atoms with Crippen LogP contribution in [-0.4, -0.2) is 19.8 Å². The monoisotopic (exact) mass is 353 g/mol. The molecule has 0 fully saturated rings. The van der Waals surface area contributed by atoms with E-state index in [1.54, 1.807) is 11.3 Å². The number of thiophene rings is 1. The number of fused-ring (bicyclic) bond motifs is 1. The van der Waals surface area contributed by atoms with Crippen molar-refractivity contribution < 1.29 is 9.47 Å². The van der Waals surface area contributed by atoms with Crippen molar-refractivity contribution >= 4 is 27.3 Å². The maximum Gasteiger partial charge on any atom is 0.161 e. The lowest BCUT2D eigenvalue weighted by Gasteiger charge is -2.32. The fraction of sp³-hybridized carbons (Fsp3) is 0.333. The number of para-hydroxylation sites is 2. The number of halogens is 1. The lowest BCUT2D eigenvalue weighted by molar-refractivity contribution is 0.0638. The third-order valence-electron chi connectivity index (χ3n) is 3.47. The first kappa shape index (κ1) is 13.9. The molecule has 1 N–H and O–H groups in total. The molecule has 2 aromatic rings. The summed E-state index contributed by atoms with van der Waals surface area (Å²) in [4.78, 5) is 1.29. The zero-order valence-corrected chi connectivity index (χ0v) is 13.8. The maximum absolute atomic E-state index is 6.11. The van der Waals surface area contributed by atoms with Gasteiger partial charge in [0.1, 0.15) is 6.61 Å². The van der Waals surface area contributed by atoms with E-state index in [9.17, 15) is 0 Å². The van der Waals surface area contributed by atoms with Gasteiger partial charge >= 0.3 is 0 Å². The average Bonchev–Trinajstić information content (AvgIpc) is 2.78. The number of hydrogen-bond donors (Lipinski definition) is 1. The Hall–Kier alpha value is -1.04. The van der Waals surface area contributed by atoms with Crippen LogP contribution in [0.4, 0.5) is 0 Å². The maximum atomic E-state index is 6.11. The molecule has 3 rings (SSSR count). The van der Waals surface area contributed by atoms with Gasteiger partial charge in [-0.2, -0.15) is 0 Å². The summed E-state index contributed by atoms with van der Waals surface area (Å²) in [5, 5.41) is 3.35. The van der Waals surface area contributed by atoms with E-state index < -0.39 is 0 Å². The van der Waals surface area contributed by atoms with Gasteiger partial charge in [-0.3, -0.25) is 0 Å². The Morgan fingerprint density at radius 1 is 1.35 bits per heavy atom. The zero-order chi connectivity index (χ0) is 14.1. The van der Waals surface area contributed by atoms with Crippen LogP contribution >= 0.6 is 27.3 Å². The fourth-order valence-electron chi connectivity index (χ4n) is 2.51. The Balaban J connectivity index is 1.87. The third kappa shape index (κ3) is 2.57. The summed E-state index contributed by atoms with van der Waals surface area (Å²) in [6, 6.07) is 10.1. The van der Waals surface area contributed by atoms with Gasteiger partial charge in [-0.15, -0.1) is 11.3 Å². The lowest BCUT2D eigenvalue weighted by Crippen LogP contribution is -2.40. The van der Waals surface area contributed by atoms with E-state index in [4.69, 9.17) is 9.47 Å². The second-order valence-electron chi connectivity index (χ2n) is 4.74. The minimum absolute atomic E-state index is 0.0323. The van der Waals surface area contributed by atoms with E-state index >= 15 is 0 Å². The number of likely N-dealkylation sites (N-methyl/N-ethyl adjacent to an activating group) is 1. The summed E-state index contributed by atoms with van der Waals surface area (Å²) < 4.78 is 13.1. The Labute approximate surface area is 131 Å². The Bertz CT molecular complexity index is 614. The van der Waals surface area contributed by atoms with E-state index in [1.807, 2.05) is 31.3 Å². The SMILES string of the molecule is CNC(c1cc(Br)sc1C)C1COc2ccccc2O1. The molecule has 1 aliphatic rings. The van der Waals surface area contributed by atoms with E-state index in [-0.39, 0.29) is 12.1 Å². The smallest absolute Gasteiger partial charge is 0.161 e. The average molecular weight is 354 g/mol. The van der Waals surface area contributed by atoms with Crippen LogP contribution in [-0.2, 0) is 0 Å². The first-order valence-electron chi connectivity index (χ1n) is 6.50. The molecule has 20 heavy (non-hydrogen) atoms. The van der Waals surface area contributed by atoms with Crippen molar-refractivity contribution in [3.05, 3.63) is 44.6 Å². The summed E-state index contributed by atoms with van der Waals surface area (Å²) >= 11 is 5.29. The van der Waals surface area contributed by atoms with Crippen molar-refractivity contribution in [3.63, 3.8) is 0 Å². The van der Waals surface area contributed by atoms with Crippen LogP contribution in [0.15, 0.2) is 34.1 Å². The molecule has 0 radical (unpaired) electrons. The van der Waals surface area contributed by atoms with Crippen LogP contribution in [0.3, 0.4) is 0 Å². The van der Waals surface area contributed by atoms with Crippen LogP contribution in [0.1, 0.15) is 16.5 Å².